The summed E-state index contributed by atoms with van der Waals surface area (Å²) in [5.74, 6) is -0.877. The summed E-state index contributed by atoms with van der Waals surface area (Å²) < 4.78 is 16.9. The van der Waals surface area contributed by atoms with E-state index in [0.717, 1.165) is 109 Å². The lowest BCUT2D eigenvalue weighted by molar-refractivity contribution is -0.167. The van der Waals surface area contributed by atoms with Gasteiger partial charge in [0, 0.05) is 19.3 Å². The molecule has 0 radical (unpaired) electrons. The van der Waals surface area contributed by atoms with Crippen molar-refractivity contribution in [2.75, 3.05) is 13.2 Å². The minimum Gasteiger partial charge on any atom is -0.462 e. The maximum Gasteiger partial charge on any atom is 0.306 e. The van der Waals surface area contributed by atoms with Gasteiger partial charge in [-0.15, -0.1) is 0 Å². The number of ether oxygens (including phenoxy) is 3. The lowest BCUT2D eigenvalue weighted by Gasteiger charge is -2.18. The van der Waals surface area contributed by atoms with Crippen molar-refractivity contribution in [2.24, 2.45) is 0 Å². The molecule has 82 heavy (non-hydrogen) atoms. The summed E-state index contributed by atoms with van der Waals surface area (Å²) in [6, 6.07) is 0. The quantitative estimate of drug-likeness (QED) is 0.0261. The first-order valence-electron chi connectivity index (χ1n) is 35.6. The van der Waals surface area contributed by atoms with Crippen LogP contribution in [0.4, 0.5) is 0 Å². The molecule has 0 aliphatic carbocycles. The summed E-state index contributed by atoms with van der Waals surface area (Å²) in [4.78, 5) is 38.3. The molecular formula is C76H134O6. The molecule has 0 aliphatic rings. The van der Waals surface area contributed by atoms with Crippen LogP contribution in [0.5, 0.6) is 0 Å². The molecule has 6 nitrogen and oxygen atoms in total. The Balaban J connectivity index is 4.19. The lowest BCUT2D eigenvalue weighted by atomic mass is 10.0. The molecule has 1 unspecified atom stereocenters. The van der Waals surface area contributed by atoms with E-state index in [9.17, 15) is 14.4 Å². The third kappa shape index (κ3) is 67.4. The van der Waals surface area contributed by atoms with Crippen LogP contribution in [0.3, 0.4) is 0 Å². The largest absolute Gasteiger partial charge is 0.462 e. The number of carbonyl (C=O) groups excluding carboxylic acids is 3. The zero-order chi connectivity index (χ0) is 59.2. The van der Waals surface area contributed by atoms with Crippen LogP contribution in [0.25, 0.3) is 0 Å². The fraction of sp³-hybridized carbons (Fsp3) is 0.776. The van der Waals surface area contributed by atoms with Crippen molar-refractivity contribution >= 4 is 17.9 Å². The number of allylic oxidation sites excluding steroid dienone is 14. The highest BCUT2D eigenvalue weighted by molar-refractivity contribution is 5.71. The van der Waals surface area contributed by atoms with Crippen LogP contribution in [0.2, 0.25) is 0 Å². The average Bonchev–Trinajstić information content (AvgIpc) is 3.47. The van der Waals surface area contributed by atoms with E-state index in [1.165, 1.54) is 212 Å². The Morgan fingerprint density at radius 3 is 0.756 bits per heavy atom. The van der Waals surface area contributed by atoms with E-state index >= 15 is 0 Å². The zero-order valence-corrected chi connectivity index (χ0v) is 54.5. The first-order valence-corrected chi connectivity index (χ1v) is 35.6. The van der Waals surface area contributed by atoms with Crippen LogP contribution in [0.1, 0.15) is 361 Å². The average molecular weight is 1140 g/mol. The molecule has 0 aromatic rings. The molecule has 0 saturated carbocycles. The van der Waals surface area contributed by atoms with Gasteiger partial charge in [0.1, 0.15) is 13.2 Å². The van der Waals surface area contributed by atoms with Gasteiger partial charge in [0.05, 0.1) is 0 Å². The minimum atomic E-state index is -0.783. The van der Waals surface area contributed by atoms with Crippen LogP contribution >= 0.6 is 0 Å². The van der Waals surface area contributed by atoms with Gasteiger partial charge in [0.2, 0.25) is 0 Å². The number of esters is 3. The van der Waals surface area contributed by atoms with Gasteiger partial charge in [-0.05, 0) is 96.3 Å². The Morgan fingerprint density at radius 1 is 0.256 bits per heavy atom. The molecular weight excluding hydrogens is 1010 g/mol. The monoisotopic (exact) mass is 1140 g/mol. The van der Waals surface area contributed by atoms with Crippen LogP contribution in [0.15, 0.2) is 85.1 Å². The summed E-state index contributed by atoms with van der Waals surface area (Å²) in [7, 11) is 0. The van der Waals surface area contributed by atoms with Crippen molar-refractivity contribution in [3.63, 3.8) is 0 Å². The van der Waals surface area contributed by atoms with Crippen LogP contribution < -0.4 is 0 Å². The van der Waals surface area contributed by atoms with E-state index in [2.05, 4.69) is 106 Å². The molecule has 0 saturated heterocycles. The van der Waals surface area contributed by atoms with Crippen molar-refractivity contribution < 1.29 is 28.6 Å². The Bertz CT molecular complexity index is 1550. The summed E-state index contributed by atoms with van der Waals surface area (Å²) in [6.07, 6.45) is 93.4. The van der Waals surface area contributed by atoms with Gasteiger partial charge in [0.15, 0.2) is 6.10 Å². The molecule has 474 valence electrons. The number of unbranched alkanes of at least 4 members (excludes halogenated alkanes) is 40. The van der Waals surface area contributed by atoms with E-state index in [-0.39, 0.29) is 31.1 Å². The van der Waals surface area contributed by atoms with Gasteiger partial charge in [-0.25, -0.2) is 0 Å². The van der Waals surface area contributed by atoms with Gasteiger partial charge >= 0.3 is 17.9 Å². The SMILES string of the molecule is CC/C=C\C/C=C\C/C=C\C/C=C\C/C=C\C/C=C\CCCCCCCCC(=O)OC(COC(=O)CCCCCCCCCCCC)COC(=O)CCCCCCCCCCCCCCCCCCC/C=C\CCCCCCCCCC. The second-order valence-electron chi connectivity index (χ2n) is 23.8. The van der Waals surface area contributed by atoms with E-state index in [1.807, 2.05) is 0 Å². The zero-order valence-electron chi connectivity index (χ0n) is 54.5. The third-order valence-electron chi connectivity index (χ3n) is 15.6. The van der Waals surface area contributed by atoms with E-state index in [4.69, 9.17) is 14.2 Å². The van der Waals surface area contributed by atoms with Gasteiger partial charge in [0.25, 0.3) is 0 Å². The second kappa shape index (κ2) is 70.1. The van der Waals surface area contributed by atoms with E-state index < -0.39 is 6.10 Å². The van der Waals surface area contributed by atoms with Gasteiger partial charge < -0.3 is 14.2 Å². The number of hydrogen-bond donors (Lipinski definition) is 0. The molecule has 1 atom stereocenters. The van der Waals surface area contributed by atoms with Crippen molar-refractivity contribution in [3.8, 4) is 0 Å². The summed E-state index contributed by atoms with van der Waals surface area (Å²) >= 11 is 0. The first-order chi connectivity index (χ1) is 40.5. The summed E-state index contributed by atoms with van der Waals surface area (Å²) in [5, 5.41) is 0. The maximum absolute atomic E-state index is 12.9. The van der Waals surface area contributed by atoms with Gasteiger partial charge in [-0.1, -0.05) is 331 Å². The standard InChI is InChI=1S/C76H134O6/c1-4-7-10-13-16-19-22-24-26-28-30-32-34-36-37-38-39-41-42-44-46-48-50-52-54-57-60-63-66-69-75(78)81-72-73(71-80-74(77)68-65-62-59-56-21-18-15-12-9-6-3)82-76(79)70-67-64-61-58-55-53-51-49-47-45-43-40-35-33-31-29-27-25-23-20-17-14-11-8-5-2/h8,11,17,20,25,27-28,30-31,33,40,43,47,49,73H,4-7,9-10,12-16,18-19,21-24,26,29,32,34-39,41-42,44-46,48,50-72H2,1-3H3/b11-8-,20-17-,27-25-,30-28-,33-31-,43-40-,49-47-. The maximum atomic E-state index is 12.9. The lowest BCUT2D eigenvalue weighted by Crippen LogP contribution is -2.30. The van der Waals surface area contributed by atoms with Crippen LogP contribution in [0, 0.1) is 0 Å². The molecule has 0 aliphatic heterocycles. The fourth-order valence-electron chi connectivity index (χ4n) is 10.3. The predicted molar refractivity (Wildman–Crippen MR) is 358 cm³/mol. The predicted octanol–water partition coefficient (Wildman–Crippen LogP) is 24.6. The van der Waals surface area contributed by atoms with Crippen LogP contribution in [-0.2, 0) is 28.6 Å². The molecule has 0 aromatic carbocycles. The summed E-state index contributed by atoms with van der Waals surface area (Å²) in [6.45, 7) is 6.55. The highest BCUT2D eigenvalue weighted by Crippen LogP contribution is 2.18. The minimum absolute atomic E-state index is 0.0788. The summed E-state index contributed by atoms with van der Waals surface area (Å²) in [5.41, 5.74) is 0. The van der Waals surface area contributed by atoms with E-state index in [0.29, 0.717) is 19.3 Å². The van der Waals surface area contributed by atoms with Crippen molar-refractivity contribution in [2.45, 2.75) is 367 Å². The Morgan fingerprint density at radius 2 is 0.476 bits per heavy atom. The van der Waals surface area contributed by atoms with Crippen LogP contribution in [-0.4, -0.2) is 37.2 Å². The molecule has 0 heterocycles. The third-order valence-corrected chi connectivity index (χ3v) is 15.6. The Kier molecular flexibility index (Phi) is 67.2. The number of rotatable bonds is 65. The highest BCUT2D eigenvalue weighted by atomic mass is 16.6. The normalized spacial score (nSPS) is 12.6. The van der Waals surface area contributed by atoms with Crippen molar-refractivity contribution in [1.82, 2.24) is 0 Å². The highest BCUT2D eigenvalue weighted by Gasteiger charge is 2.19. The first kappa shape index (κ1) is 78.6. The molecule has 6 heteroatoms. The second-order valence-corrected chi connectivity index (χ2v) is 23.8. The molecule has 0 fully saturated rings. The molecule has 0 aromatic heterocycles. The molecule has 0 N–H and O–H groups in total. The smallest absolute Gasteiger partial charge is 0.306 e. The molecule has 0 rings (SSSR count). The van der Waals surface area contributed by atoms with Gasteiger partial charge in [-0.3, -0.25) is 14.4 Å². The number of hydrogen-bond acceptors (Lipinski definition) is 6. The van der Waals surface area contributed by atoms with Gasteiger partial charge in [-0.2, -0.15) is 0 Å². The fourth-order valence-corrected chi connectivity index (χ4v) is 10.3. The van der Waals surface area contributed by atoms with E-state index in [1.54, 1.807) is 0 Å². The van der Waals surface area contributed by atoms with Crippen molar-refractivity contribution in [1.29, 1.82) is 0 Å². The molecule has 0 amide bonds. The number of carbonyl (C=O) groups is 3. The Hall–Kier alpha value is -3.41. The van der Waals surface area contributed by atoms with Crippen molar-refractivity contribution in [3.05, 3.63) is 85.1 Å². The Labute approximate surface area is 509 Å². The molecule has 0 spiro atoms. The molecule has 0 bridgehead atoms. The topological polar surface area (TPSA) is 78.9 Å².